The predicted octanol–water partition coefficient (Wildman–Crippen LogP) is 0.392. The van der Waals surface area contributed by atoms with Crippen LogP contribution in [-0.2, 0) is 21.3 Å². The summed E-state index contributed by atoms with van der Waals surface area (Å²) in [5, 5.41) is 4.81. The van der Waals surface area contributed by atoms with Crippen LogP contribution >= 0.6 is 11.3 Å². The van der Waals surface area contributed by atoms with Gasteiger partial charge in [-0.05, 0) is 24.1 Å². The van der Waals surface area contributed by atoms with Gasteiger partial charge in [0.25, 0.3) is 0 Å². The van der Waals surface area contributed by atoms with E-state index in [0.717, 1.165) is 5.56 Å². The fourth-order valence-electron chi connectivity index (χ4n) is 1.14. The van der Waals surface area contributed by atoms with Crippen LogP contribution in [0.3, 0.4) is 0 Å². The number of ether oxygens (including phenoxy) is 1. The Kier molecular flexibility index (Phi) is 5.36. The predicted molar refractivity (Wildman–Crippen MR) is 64.1 cm³/mol. The van der Waals surface area contributed by atoms with Gasteiger partial charge in [-0.25, -0.2) is 13.1 Å². The van der Waals surface area contributed by atoms with E-state index in [1.807, 2.05) is 12.4 Å². The van der Waals surface area contributed by atoms with E-state index in [0.29, 0.717) is 17.4 Å². The van der Waals surface area contributed by atoms with Crippen molar-refractivity contribution in [3.8, 4) is 0 Å². The fraction of sp³-hybridized carbons (Fsp3) is 0.556. The number of nitrogens with one attached hydrogen (secondary N) is 2. The van der Waals surface area contributed by atoms with Crippen molar-refractivity contribution in [2.24, 2.45) is 0 Å². The first kappa shape index (κ1) is 13.6. The van der Waals surface area contributed by atoms with Crippen molar-refractivity contribution >= 4 is 21.4 Å². The number of rotatable bonds is 7. The van der Waals surface area contributed by atoms with Crippen LogP contribution in [0, 0.1) is 0 Å². The molecule has 1 heterocycles. The van der Waals surface area contributed by atoms with E-state index < -0.39 is 10.0 Å². The molecule has 1 rings (SSSR count). The molecule has 0 fully saturated rings. The van der Waals surface area contributed by atoms with E-state index in [1.165, 1.54) is 18.4 Å². The SMILES string of the molecule is CNCc1csc(S(=O)(=O)NCCOC)c1. The number of hydrogen-bond acceptors (Lipinski definition) is 5. The van der Waals surface area contributed by atoms with Crippen molar-refractivity contribution < 1.29 is 13.2 Å². The minimum absolute atomic E-state index is 0.290. The second kappa shape index (κ2) is 6.31. The van der Waals surface area contributed by atoms with Crippen molar-refractivity contribution in [2.75, 3.05) is 27.3 Å². The molecule has 16 heavy (non-hydrogen) atoms. The van der Waals surface area contributed by atoms with E-state index >= 15 is 0 Å². The molecule has 2 N–H and O–H groups in total. The number of thiophene rings is 1. The Morgan fingerprint density at radius 2 is 2.25 bits per heavy atom. The molecule has 0 unspecified atom stereocenters. The summed E-state index contributed by atoms with van der Waals surface area (Å²) in [4.78, 5) is 0. The van der Waals surface area contributed by atoms with Crippen molar-refractivity contribution in [2.45, 2.75) is 10.8 Å². The Balaban J connectivity index is 2.66. The highest BCUT2D eigenvalue weighted by Gasteiger charge is 2.15. The average molecular weight is 264 g/mol. The van der Waals surface area contributed by atoms with Crippen LogP contribution in [0.1, 0.15) is 5.56 Å². The highest BCUT2D eigenvalue weighted by atomic mass is 32.2. The summed E-state index contributed by atoms with van der Waals surface area (Å²) in [6.45, 7) is 1.33. The van der Waals surface area contributed by atoms with Gasteiger partial charge in [0, 0.05) is 20.2 Å². The molecule has 0 radical (unpaired) electrons. The number of hydrogen-bond donors (Lipinski definition) is 2. The topological polar surface area (TPSA) is 67.4 Å². The molecular formula is C9H16N2O3S2. The molecule has 0 aromatic carbocycles. The van der Waals surface area contributed by atoms with Crippen molar-refractivity contribution in [3.63, 3.8) is 0 Å². The minimum atomic E-state index is -3.37. The largest absolute Gasteiger partial charge is 0.383 e. The van der Waals surface area contributed by atoms with Gasteiger partial charge < -0.3 is 10.1 Å². The summed E-state index contributed by atoms with van der Waals surface area (Å²) in [6, 6.07) is 1.68. The molecule has 0 aliphatic carbocycles. The first-order valence-electron chi connectivity index (χ1n) is 4.81. The zero-order chi connectivity index (χ0) is 12.0. The zero-order valence-electron chi connectivity index (χ0n) is 9.32. The zero-order valence-corrected chi connectivity index (χ0v) is 11.0. The van der Waals surface area contributed by atoms with Crippen LogP contribution in [0.5, 0.6) is 0 Å². The van der Waals surface area contributed by atoms with E-state index in [4.69, 9.17) is 4.74 Å². The lowest BCUT2D eigenvalue weighted by Crippen LogP contribution is -2.26. The third kappa shape index (κ3) is 3.84. The Morgan fingerprint density at radius 1 is 1.50 bits per heavy atom. The van der Waals surface area contributed by atoms with E-state index in [9.17, 15) is 8.42 Å². The molecule has 1 aromatic heterocycles. The highest BCUT2D eigenvalue weighted by Crippen LogP contribution is 2.19. The number of methoxy groups -OCH3 is 1. The molecule has 0 saturated heterocycles. The lowest BCUT2D eigenvalue weighted by atomic mass is 10.3. The number of sulfonamides is 1. The van der Waals surface area contributed by atoms with Gasteiger partial charge in [0.1, 0.15) is 4.21 Å². The molecule has 0 saturated carbocycles. The molecule has 0 spiro atoms. The average Bonchev–Trinajstić information content (AvgIpc) is 2.68. The quantitative estimate of drug-likeness (QED) is 0.699. The maximum atomic E-state index is 11.7. The fourth-order valence-corrected chi connectivity index (χ4v) is 3.41. The molecule has 0 aliphatic heterocycles. The summed E-state index contributed by atoms with van der Waals surface area (Å²) in [5.41, 5.74) is 0.972. The molecule has 0 amide bonds. The van der Waals surface area contributed by atoms with Gasteiger partial charge in [0.05, 0.1) is 6.61 Å². The van der Waals surface area contributed by atoms with Crippen LogP contribution in [0.2, 0.25) is 0 Å². The van der Waals surface area contributed by atoms with Crippen molar-refractivity contribution in [1.29, 1.82) is 0 Å². The smallest absolute Gasteiger partial charge is 0.250 e. The van der Waals surface area contributed by atoms with Crippen LogP contribution in [0.15, 0.2) is 15.7 Å². The third-order valence-electron chi connectivity index (χ3n) is 1.87. The van der Waals surface area contributed by atoms with E-state index in [-0.39, 0.29) is 6.54 Å². The maximum Gasteiger partial charge on any atom is 0.250 e. The van der Waals surface area contributed by atoms with Gasteiger partial charge in [0.15, 0.2) is 0 Å². The Labute approximate surface area is 99.9 Å². The van der Waals surface area contributed by atoms with Gasteiger partial charge in [-0.15, -0.1) is 11.3 Å². The van der Waals surface area contributed by atoms with Crippen molar-refractivity contribution in [1.82, 2.24) is 10.0 Å². The van der Waals surface area contributed by atoms with Gasteiger partial charge in [-0.1, -0.05) is 0 Å². The Bertz CT molecular complexity index is 414. The van der Waals surface area contributed by atoms with Gasteiger partial charge >= 0.3 is 0 Å². The lowest BCUT2D eigenvalue weighted by Gasteiger charge is -2.03. The molecule has 92 valence electrons. The first-order valence-corrected chi connectivity index (χ1v) is 7.17. The van der Waals surface area contributed by atoms with E-state index in [1.54, 1.807) is 6.07 Å². The maximum absolute atomic E-state index is 11.7. The first-order chi connectivity index (χ1) is 7.60. The van der Waals surface area contributed by atoms with Crippen LogP contribution in [0.25, 0.3) is 0 Å². The molecule has 0 bridgehead atoms. The summed E-state index contributed by atoms with van der Waals surface area (Å²) in [5.74, 6) is 0. The minimum Gasteiger partial charge on any atom is -0.383 e. The molecule has 0 aliphatic rings. The molecule has 5 nitrogen and oxygen atoms in total. The lowest BCUT2D eigenvalue weighted by molar-refractivity contribution is 0.204. The second-order valence-corrected chi connectivity index (χ2v) is 6.10. The van der Waals surface area contributed by atoms with Crippen molar-refractivity contribution in [3.05, 3.63) is 17.0 Å². The van der Waals surface area contributed by atoms with Gasteiger partial charge in [-0.3, -0.25) is 0 Å². The van der Waals surface area contributed by atoms with Gasteiger partial charge in [0.2, 0.25) is 10.0 Å². The standard InChI is InChI=1S/C9H16N2O3S2/c1-10-6-8-5-9(15-7-8)16(12,13)11-3-4-14-2/h5,7,10-11H,3-4,6H2,1-2H3. The Hall–Kier alpha value is -0.470. The highest BCUT2D eigenvalue weighted by molar-refractivity contribution is 7.91. The van der Waals surface area contributed by atoms with Gasteiger partial charge in [-0.2, -0.15) is 0 Å². The van der Waals surface area contributed by atoms with Crippen LogP contribution < -0.4 is 10.0 Å². The van der Waals surface area contributed by atoms with Crippen LogP contribution in [-0.4, -0.2) is 35.7 Å². The monoisotopic (exact) mass is 264 g/mol. The summed E-state index contributed by atoms with van der Waals surface area (Å²) in [7, 11) is -0.0150. The molecule has 1 aromatic rings. The van der Waals surface area contributed by atoms with Crippen LogP contribution in [0.4, 0.5) is 0 Å². The summed E-state index contributed by atoms with van der Waals surface area (Å²) in [6.07, 6.45) is 0. The normalized spacial score (nSPS) is 11.9. The summed E-state index contributed by atoms with van der Waals surface area (Å²) < 4.78 is 31.1. The Morgan fingerprint density at radius 3 is 2.88 bits per heavy atom. The second-order valence-electron chi connectivity index (χ2n) is 3.19. The third-order valence-corrected chi connectivity index (χ3v) is 4.82. The summed E-state index contributed by atoms with van der Waals surface area (Å²) >= 11 is 1.22. The molecule has 0 atom stereocenters. The molecular weight excluding hydrogens is 248 g/mol. The van der Waals surface area contributed by atoms with E-state index in [2.05, 4.69) is 10.0 Å². The molecule has 7 heteroatoms.